The van der Waals surface area contributed by atoms with E-state index >= 15 is 0 Å². The highest BCUT2D eigenvalue weighted by molar-refractivity contribution is 6.04. The molecule has 1 unspecified atom stereocenters. The molecule has 0 fully saturated rings. The Morgan fingerprint density at radius 1 is 0.757 bits per heavy atom. The third-order valence-electron chi connectivity index (χ3n) is 5.09. The van der Waals surface area contributed by atoms with Crippen LogP contribution in [0.4, 0.5) is 0 Å². The molecule has 1 atom stereocenters. The Balaban J connectivity index is 1.53. The highest BCUT2D eigenvalue weighted by atomic mass is 16.6. The van der Waals surface area contributed by atoms with Crippen molar-refractivity contribution in [1.29, 1.82) is 0 Å². The van der Waals surface area contributed by atoms with Crippen molar-refractivity contribution in [3.8, 4) is 17.2 Å². The molecule has 2 aromatic rings. The summed E-state index contributed by atoms with van der Waals surface area (Å²) < 4.78 is 34.6. The number of esters is 4. The van der Waals surface area contributed by atoms with Gasteiger partial charge in [0.05, 0.1) is 25.7 Å². The fourth-order valence-electron chi connectivity index (χ4n) is 3.16. The molecule has 0 saturated carbocycles. The maximum Gasteiger partial charge on any atom is 0.344 e. The van der Waals surface area contributed by atoms with E-state index in [9.17, 15) is 24.0 Å². The highest BCUT2D eigenvalue weighted by Crippen LogP contribution is 2.35. The zero-order valence-corrected chi connectivity index (χ0v) is 20.1. The van der Waals surface area contributed by atoms with E-state index in [2.05, 4.69) is 9.47 Å². The highest BCUT2D eigenvalue weighted by Gasteiger charge is 2.30. The fourth-order valence-corrected chi connectivity index (χ4v) is 3.16. The summed E-state index contributed by atoms with van der Waals surface area (Å²) in [6.07, 6.45) is 0. The van der Waals surface area contributed by atoms with Gasteiger partial charge in [0, 0.05) is 6.07 Å². The largest absolute Gasteiger partial charge is 0.492 e. The van der Waals surface area contributed by atoms with Gasteiger partial charge in [0.1, 0.15) is 23.9 Å². The molecule has 0 aromatic heterocycles. The topological polar surface area (TPSA) is 150 Å². The third-order valence-corrected chi connectivity index (χ3v) is 5.09. The number of rotatable bonds is 11. The maximum absolute atomic E-state index is 13.1. The molecule has 0 aliphatic carbocycles. The minimum absolute atomic E-state index is 0.0799. The van der Waals surface area contributed by atoms with Gasteiger partial charge in [0.15, 0.2) is 32.2 Å². The Hall–Kier alpha value is -4.61. The fraction of sp³-hybridized carbons (Fsp3) is 0.320. The van der Waals surface area contributed by atoms with Gasteiger partial charge >= 0.3 is 23.9 Å². The van der Waals surface area contributed by atoms with Gasteiger partial charge in [-0.2, -0.15) is 0 Å². The van der Waals surface area contributed by atoms with E-state index in [0.717, 1.165) is 0 Å². The van der Waals surface area contributed by atoms with Crippen LogP contribution in [-0.2, 0) is 38.1 Å². The predicted molar refractivity (Wildman–Crippen MR) is 122 cm³/mol. The average molecular weight is 516 g/mol. The molecule has 3 rings (SSSR count). The standard InChI is InChI=1S/C25H24O12/c1-31-21(26)11-36-23(28)13-33-16-5-3-15(4-6-16)19-10-35-20-9-17(7-8-18(20)25(19)30)34-14-24(29)37-12-22(27)32-2/h3-9,19H,10-14H2,1-2H3. The number of carbonyl (C=O) groups is 5. The SMILES string of the molecule is COC(=O)COC(=O)COc1ccc(C2COc3cc(OCC(=O)OCC(=O)OC)ccc3C2=O)cc1. The Morgan fingerprint density at radius 3 is 1.86 bits per heavy atom. The summed E-state index contributed by atoms with van der Waals surface area (Å²) in [5.41, 5.74) is 1.04. The van der Waals surface area contributed by atoms with E-state index in [1.807, 2.05) is 0 Å². The molecule has 37 heavy (non-hydrogen) atoms. The summed E-state index contributed by atoms with van der Waals surface area (Å²) in [5.74, 6) is -2.62. The van der Waals surface area contributed by atoms with Crippen LogP contribution in [0.25, 0.3) is 0 Å². The Morgan fingerprint density at radius 2 is 1.30 bits per heavy atom. The Kier molecular flexibility index (Phi) is 9.41. The lowest BCUT2D eigenvalue weighted by molar-refractivity contribution is -0.158. The second-order valence-electron chi connectivity index (χ2n) is 7.51. The number of Topliss-reactive ketones (excluding diaryl/α,β-unsaturated/α-hetero) is 1. The van der Waals surface area contributed by atoms with E-state index in [4.69, 9.17) is 23.7 Å². The number of ketones is 1. The van der Waals surface area contributed by atoms with E-state index < -0.39 is 56.2 Å². The molecule has 0 bridgehead atoms. The van der Waals surface area contributed by atoms with Crippen LogP contribution in [-0.4, -0.2) is 76.9 Å². The smallest absolute Gasteiger partial charge is 0.344 e. The second kappa shape index (κ2) is 12.9. The van der Waals surface area contributed by atoms with Crippen LogP contribution in [0.3, 0.4) is 0 Å². The van der Waals surface area contributed by atoms with E-state index in [1.165, 1.54) is 32.4 Å². The zero-order chi connectivity index (χ0) is 26.8. The molecular weight excluding hydrogens is 492 g/mol. The molecule has 1 aliphatic heterocycles. The monoisotopic (exact) mass is 516 g/mol. The average Bonchev–Trinajstić information content (AvgIpc) is 2.92. The first kappa shape index (κ1) is 27.0. The molecule has 1 aliphatic rings. The van der Waals surface area contributed by atoms with Crippen molar-refractivity contribution < 1.29 is 57.1 Å². The molecule has 1 heterocycles. The van der Waals surface area contributed by atoms with Crippen LogP contribution in [0.15, 0.2) is 42.5 Å². The van der Waals surface area contributed by atoms with E-state index in [0.29, 0.717) is 22.6 Å². The Bertz CT molecular complexity index is 1150. The third kappa shape index (κ3) is 7.69. The maximum atomic E-state index is 13.1. The number of carbonyl (C=O) groups excluding carboxylic acids is 5. The van der Waals surface area contributed by atoms with Crippen molar-refractivity contribution in [3.05, 3.63) is 53.6 Å². The summed E-state index contributed by atoms with van der Waals surface area (Å²) in [6.45, 7) is -1.78. The molecular formula is C25H24O12. The summed E-state index contributed by atoms with van der Waals surface area (Å²) in [4.78, 5) is 58.3. The lowest BCUT2D eigenvalue weighted by Crippen LogP contribution is -2.26. The molecule has 196 valence electrons. The number of hydrogen-bond donors (Lipinski definition) is 0. The first-order valence-electron chi connectivity index (χ1n) is 10.9. The van der Waals surface area contributed by atoms with Gasteiger partial charge in [-0.15, -0.1) is 0 Å². The molecule has 0 N–H and O–H groups in total. The van der Waals surface area contributed by atoms with Crippen LogP contribution in [0.2, 0.25) is 0 Å². The van der Waals surface area contributed by atoms with Gasteiger partial charge < -0.3 is 33.2 Å². The van der Waals surface area contributed by atoms with Crippen LogP contribution >= 0.6 is 0 Å². The first-order chi connectivity index (χ1) is 17.8. The predicted octanol–water partition coefficient (Wildman–Crippen LogP) is 1.24. The minimum Gasteiger partial charge on any atom is -0.492 e. The number of ether oxygens (including phenoxy) is 7. The van der Waals surface area contributed by atoms with Gasteiger partial charge in [-0.3, -0.25) is 4.79 Å². The molecule has 0 amide bonds. The van der Waals surface area contributed by atoms with E-state index in [1.54, 1.807) is 24.3 Å². The van der Waals surface area contributed by atoms with Gasteiger partial charge in [0.25, 0.3) is 0 Å². The number of benzene rings is 2. The van der Waals surface area contributed by atoms with Crippen molar-refractivity contribution in [2.75, 3.05) is 47.3 Å². The summed E-state index contributed by atoms with van der Waals surface area (Å²) in [5, 5.41) is 0. The normalized spacial score (nSPS) is 13.9. The quantitative estimate of drug-likeness (QED) is 0.312. The van der Waals surface area contributed by atoms with Gasteiger partial charge in [-0.25, -0.2) is 19.2 Å². The van der Waals surface area contributed by atoms with Crippen LogP contribution in [0.1, 0.15) is 21.8 Å². The van der Waals surface area contributed by atoms with Crippen molar-refractivity contribution in [2.24, 2.45) is 0 Å². The van der Waals surface area contributed by atoms with E-state index in [-0.39, 0.29) is 18.1 Å². The molecule has 0 radical (unpaired) electrons. The minimum atomic E-state index is -0.759. The van der Waals surface area contributed by atoms with Crippen molar-refractivity contribution in [1.82, 2.24) is 0 Å². The van der Waals surface area contributed by atoms with Gasteiger partial charge in [-0.1, -0.05) is 12.1 Å². The molecule has 12 heteroatoms. The Labute approximate surface area is 211 Å². The number of hydrogen-bond acceptors (Lipinski definition) is 12. The first-order valence-corrected chi connectivity index (χ1v) is 10.9. The van der Waals surface area contributed by atoms with Crippen molar-refractivity contribution >= 4 is 29.7 Å². The molecule has 2 aromatic carbocycles. The van der Waals surface area contributed by atoms with Crippen LogP contribution < -0.4 is 14.2 Å². The second-order valence-corrected chi connectivity index (χ2v) is 7.51. The zero-order valence-electron chi connectivity index (χ0n) is 20.1. The molecule has 0 saturated heterocycles. The molecule has 0 spiro atoms. The van der Waals surface area contributed by atoms with Crippen LogP contribution in [0, 0.1) is 0 Å². The summed E-state index contributed by atoms with van der Waals surface area (Å²) >= 11 is 0. The van der Waals surface area contributed by atoms with Crippen LogP contribution in [0.5, 0.6) is 17.2 Å². The van der Waals surface area contributed by atoms with Crippen molar-refractivity contribution in [2.45, 2.75) is 5.92 Å². The number of methoxy groups -OCH3 is 2. The lowest BCUT2D eigenvalue weighted by atomic mass is 9.89. The summed E-state index contributed by atoms with van der Waals surface area (Å²) in [6, 6.07) is 11.1. The summed E-state index contributed by atoms with van der Waals surface area (Å²) in [7, 11) is 2.35. The lowest BCUT2D eigenvalue weighted by Gasteiger charge is -2.25. The number of fused-ring (bicyclic) bond motifs is 1. The van der Waals surface area contributed by atoms with Gasteiger partial charge in [0.2, 0.25) is 0 Å². The van der Waals surface area contributed by atoms with Gasteiger partial charge in [-0.05, 0) is 29.8 Å². The molecule has 12 nitrogen and oxygen atoms in total. The van der Waals surface area contributed by atoms with Crippen molar-refractivity contribution in [3.63, 3.8) is 0 Å².